The zero-order valence-corrected chi connectivity index (χ0v) is 28.0. The van der Waals surface area contributed by atoms with E-state index in [2.05, 4.69) is 9.88 Å². The first-order valence-corrected chi connectivity index (χ1v) is 17.9. The fraction of sp³-hybridized carbons (Fsp3) is 0.275. The molecule has 1 unspecified atom stereocenters. The van der Waals surface area contributed by atoms with Crippen LogP contribution in [0.3, 0.4) is 0 Å². The van der Waals surface area contributed by atoms with Gasteiger partial charge in [-0.25, -0.2) is 8.42 Å². The van der Waals surface area contributed by atoms with E-state index in [1.807, 2.05) is 128 Å². The minimum Gasteiger partial charge on any atom is -0.374 e. The highest BCUT2D eigenvalue weighted by Gasteiger charge is 2.52. The van der Waals surface area contributed by atoms with Gasteiger partial charge < -0.3 is 14.2 Å². The molecule has 248 valence electrons. The molecule has 5 aromatic rings. The van der Waals surface area contributed by atoms with Crippen LogP contribution in [0.2, 0.25) is 0 Å². The van der Waals surface area contributed by atoms with Crippen molar-refractivity contribution in [3.05, 3.63) is 168 Å². The zero-order chi connectivity index (χ0) is 33.2. The predicted octanol–water partition coefficient (Wildman–Crippen LogP) is 6.80. The average molecular weight is 663 g/mol. The Bertz CT molecular complexity index is 1790. The van der Waals surface area contributed by atoms with Gasteiger partial charge in [-0.1, -0.05) is 115 Å². The van der Waals surface area contributed by atoms with E-state index < -0.39 is 33.3 Å². The fourth-order valence-electron chi connectivity index (χ4n) is 6.24. The van der Waals surface area contributed by atoms with Crippen molar-refractivity contribution < 1.29 is 22.6 Å². The van der Waals surface area contributed by atoms with Crippen LogP contribution < -0.4 is 0 Å². The van der Waals surface area contributed by atoms with Gasteiger partial charge in [-0.2, -0.15) is 0 Å². The summed E-state index contributed by atoms with van der Waals surface area (Å²) in [6.07, 6.45) is 0.523. The molecule has 1 aliphatic heterocycles. The molecular formula is C40H42N2O5S. The number of hydrogen-bond donors (Lipinski definition) is 0. The molecule has 0 N–H and O–H groups in total. The van der Waals surface area contributed by atoms with Crippen molar-refractivity contribution in [1.82, 2.24) is 9.88 Å². The Hall–Kier alpha value is -4.18. The molecule has 0 saturated carbocycles. The quantitative estimate of drug-likeness (QED) is 0.122. The summed E-state index contributed by atoms with van der Waals surface area (Å²) in [5, 5.41) is -0.852. The maximum atomic E-state index is 14.5. The lowest BCUT2D eigenvalue weighted by molar-refractivity contribution is -0.0996. The predicted molar refractivity (Wildman–Crippen MR) is 187 cm³/mol. The Morgan fingerprint density at radius 1 is 0.729 bits per heavy atom. The van der Waals surface area contributed by atoms with Gasteiger partial charge in [0, 0.05) is 19.3 Å². The standard InChI is InChI=1S/C40H42N2O5S/c1-31-20-22-36(23-21-31)48(43,44)38-26-42(25-35-19-11-12-24-41-35)39(40(38)47-29-34-17-9-4-10-18-34)37(46-28-33-15-7-3-8-16-33)30-45-27-32-13-5-2-6-14-32/h2-24,37-40H,25-30H2,1H3/t37?,38-,39+,40+/m1/s1. The van der Waals surface area contributed by atoms with Crippen molar-refractivity contribution in [2.45, 2.75) is 61.7 Å². The molecule has 0 aliphatic carbocycles. The topological polar surface area (TPSA) is 78.0 Å². The number of nitrogens with zero attached hydrogens (tertiary/aromatic N) is 2. The van der Waals surface area contributed by atoms with Gasteiger partial charge in [0.1, 0.15) is 5.25 Å². The van der Waals surface area contributed by atoms with Crippen LogP contribution in [0, 0.1) is 6.92 Å². The largest absolute Gasteiger partial charge is 0.374 e. The highest BCUT2D eigenvalue weighted by molar-refractivity contribution is 7.92. The van der Waals surface area contributed by atoms with Crippen LogP contribution in [-0.4, -0.2) is 55.0 Å². The summed E-state index contributed by atoms with van der Waals surface area (Å²) in [5.41, 5.74) is 4.87. The molecular weight excluding hydrogens is 621 g/mol. The number of sulfone groups is 1. The Morgan fingerprint density at radius 3 is 1.92 bits per heavy atom. The third-order valence-electron chi connectivity index (χ3n) is 8.75. The van der Waals surface area contributed by atoms with E-state index in [0.29, 0.717) is 19.8 Å². The highest BCUT2D eigenvalue weighted by Crippen LogP contribution is 2.35. The number of rotatable bonds is 15. The lowest BCUT2D eigenvalue weighted by Gasteiger charge is -2.35. The first-order chi connectivity index (χ1) is 23.5. The molecule has 0 bridgehead atoms. The molecule has 1 fully saturated rings. The van der Waals surface area contributed by atoms with Crippen molar-refractivity contribution in [2.24, 2.45) is 0 Å². The molecule has 1 saturated heterocycles. The smallest absolute Gasteiger partial charge is 0.185 e. The summed E-state index contributed by atoms with van der Waals surface area (Å²) in [4.78, 5) is 7.05. The van der Waals surface area contributed by atoms with Gasteiger partial charge in [0.05, 0.1) is 55.3 Å². The van der Waals surface area contributed by atoms with Crippen LogP contribution in [-0.2, 0) is 50.4 Å². The first kappa shape index (κ1) is 33.7. The number of benzene rings is 4. The molecule has 1 aromatic heterocycles. The zero-order valence-electron chi connectivity index (χ0n) is 27.2. The average Bonchev–Trinajstić information content (AvgIpc) is 3.49. The molecule has 6 rings (SSSR count). The minimum absolute atomic E-state index is 0.244. The number of likely N-dealkylation sites (tertiary alicyclic amines) is 1. The summed E-state index contributed by atoms with van der Waals surface area (Å²) in [7, 11) is -3.81. The van der Waals surface area contributed by atoms with Gasteiger partial charge in [0.15, 0.2) is 9.84 Å². The van der Waals surface area contributed by atoms with Crippen molar-refractivity contribution in [3.63, 3.8) is 0 Å². The van der Waals surface area contributed by atoms with Crippen molar-refractivity contribution in [1.29, 1.82) is 0 Å². The second-order valence-electron chi connectivity index (χ2n) is 12.2. The molecule has 0 amide bonds. The Labute approximate surface area is 284 Å². The summed E-state index contributed by atoms with van der Waals surface area (Å²) >= 11 is 0. The summed E-state index contributed by atoms with van der Waals surface area (Å²) in [6, 6.07) is 42.3. The van der Waals surface area contributed by atoms with Crippen molar-refractivity contribution in [2.75, 3.05) is 13.2 Å². The van der Waals surface area contributed by atoms with Crippen LogP contribution in [0.15, 0.2) is 145 Å². The monoisotopic (exact) mass is 662 g/mol. The van der Waals surface area contributed by atoms with E-state index in [1.54, 1.807) is 18.3 Å². The van der Waals surface area contributed by atoms with Crippen LogP contribution in [0.1, 0.15) is 27.9 Å². The Morgan fingerprint density at radius 2 is 1.31 bits per heavy atom. The van der Waals surface area contributed by atoms with Crippen LogP contribution in [0.4, 0.5) is 0 Å². The Kier molecular flexibility index (Phi) is 11.4. The molecule has 0 radical (unpaired) electrons. The summed E-state index contributed by atoms with van der Waals surface area (Å²) in [6.45, 7) is 3.88. The third kappa shape index (κ3) is 8.64. The number of aromatic nitrogens is 1. The molecule has 48 heavy (non-hydrogen) atoms. The minimum atomic E-state index is -3.81. The molecule has 2 heterocycles. The normalized spacial score (nSPS) is 18.9. The number of aryl methyl sites for hydroxylation is 1. The SMILES string of the molecule is Cc1ccc(S(=O)(=O)[C@@H]2CN(Cc3ccccn3)[C@@H](C(COCc3ccccc3)OCc3ccccc3)[C@H]2OCc2ccccc2)cc1. The molecule has 1 aliphatic rings. The van der Waals surface area contributed by atoms with Gasteiger partial charge in [0.25, 0.3) is 0 Å². The van der Waals surface area contributed by atoms with E-state index >= 15 is 0 Å². The van der Waals surface area contributed by atoms with Crippen LogP contribution >= 0.6 is 0 Å². The lowest BCUT2D eigenvalue weighted by Crippen LogP contribution is -2.50. The van der Waals surface area contributed by atoms with Gasteiger partial charge in [-0.15, -0.1) is 0 Å². The van der Waals surface area contributed by atoms with E-state index in [-0.39, 0.29) is 24.7 Å². The first-order valence-electron chi connectivity index (χ1n) is 16.3. The molecule has 7 nitrogen and oxygen atoms in total. The second-order valence-corrected chi connectivity index (χ2v) is 14.4. The fourth-order valence-corrected chi connectivity index (χ4v) is 8.09. The van der Waals surface area contributed by atoms with Gasteiger partial charge >= 0.3 is 0 Å². The van der Waals surface area contributed by atoms with Crippen molar-refractivity contribution >= 4 is 9.84 Å². The number of hydrogen-bond acceptors (Lipinski definition) is 7. The lowest BCUT2D eigenvalue weighted by atomic mass is 10.0. The molecule has 4 aromatic carbocycles. The van der Waals surface area contributed by atoms with Gasteiger partial charge in [-0.05, 0) is 47.9 Å². The third-order valence-corrected chi connectivity index (χ3v) is 10.9. The van der Waals surface area contributed by atoms with Crippen molar-refractivity contribution in [3.8, 4) is 0 Å². The molecule has 4 atom stereocenters. The second kappa shape index (κ2) is 16.3. The highest BCUT2D eigenvalue weighted by atomic mass is 32.2. The summed E-state index contributed by atoms with van der Waals surface area (Å²) < 4.78 is 48.8. The van der Waals surface area contributed by atoms with E-state index in [4.69, 9.17) is 14.2 Å². The Balaban J connectivity index is 1.38. The maximum Gasteiger partial charge on any atom is 0.185 e. The van der Waals surface area contributed by atoms with Gasteiger partial charge in [0.2, 0.25) is 0 Å². The summed E-state index contributed by atoms with van der Waals surface area (Å²) in [5.74, 6) is 0. The maximum absolute atomic E-state index is 14.5. The molecule has 0 spiro atoms. The van der Waals surface area contributed by atoms with Crippen LogP contribution in [0.25, 0.3) is 0 Å². The number of pyridine rings is 1. The van der Waals surface area contributed by atoms with E-state index in [0.717, 1.165) is 27.9 Å². The van der Waals surface area contributed by atoms with E-state index in [1.165, 1.54) is 0 Å². The van der Waals surface area contributed by atoms with Gasteiger partial charge in [-0.3, -0.25) is 9.88 Å². The number of ether oxygens (including phenoxy) is 3. The van der Waals surface area contributed by atoms with Crippen LogP contribution in [0.5, 0.6) is 0 Å². The molecule has 8 heteroatoms. The van der Waals surface area contributed by atoms with E-state index in [9.17, 15) is 8.42 Å².